The van der Waals surface area contributed by atoms with Gasteiger partial charge in [0, 0.05) is 16.5 Å². The van der Waals surface area contributed by atoms with Crippen LogP contribution in [0.4, 0.5) is 0 Å². The van der Waals surface area contributed by atoms with Gasteiger partial charge in [-0.2, -0.15) is 0 Å². The van der Waals surface area contributed by atoms with Crippen LogP contribution in [0.5, 0.6) is 0 Å². The van der Waals surface area contributed by atoms with E-state index in [1.165, 1.54) is 62.5 Å². The van der Waals surface area contributed by atoms with Gasteiger partial charge in [-0.3, -0.25) is 0 Å². The summed E-state index contributed by atoms with van der Waals surface area (Å²) in [4.78, 5) is 0. The first kappa shape index (κ1) is 21.9. The maximum absolute atomic E-state index is 2.24. The zero-order chi connectivity index (χ0) is 15.9. The van der Waals surface area contributed by atoms with Crippen LogP contribution < -0.4 is 0 Å². The molecule has 0 aliphatic carbocycles. The van der Waals surface area contributed by atoms with Crippen LogP contribution in [0, 0.1) is 0 Å². The second kappa shape index (κ2) is 15.8. The first-order valence-electron chi connectivity index (χ1n) is 8.94. The Morgan fingerprint density at radius 3 is 1.17 bits per heavy atom. The molecule has 0 fully saturated rings. The number of aryl methyl sites for hydroxylation is 2. The molecule has 0 atom stereocenters. The molecule has 0 amide bonds. The van der Waals surface area contributed by atoms with Crippen molar-refractivity contribution < 1.29 is 16.5 Å². The summed E-state index contributed by atoms with van der Waals surface area (Å²) in [6, 6.07) is 21.4. The van der Waals surface area contributed by atoms with Gasteiger partial charge in [-0.15, -0.1) is 0 Å². The average molecular weight is 355 g/mol. The Balaban J connectivity index is 0.000000403. The molecule has 2 aromatic carbocycles. The van der Waals surface area contributed by atoms with Gasteiger partial charge in [-0.1, -0.05) is 100 Å². The van der Waals surface area contributed by atoms with Crippen molar-refractivity contribution >= 4 is 0 Å². The Morgan fingerprint density at radius 2 is 0.870 bits per heavy atom. The van der Waals surface area contributed by atoms with Gasteiger partial charge in [0.2, 0.25) is 0 Å². The van der Waals surface area contributed by atoms with E-state index in [1.807, 2.05) is 0 Å². The van der Waals surface area contributed by atoms with E-state index in [0.717, 1.165) is 0 Å². The smallest absolute Gasteiger partial charge is 0 e. The molecule has 0 N–H and O–H groups in total. The molecule has 0 heterocycles. The molecule has 23 heavy (non-hydrogen) atoms. The molecule has 0 aliphatic rings. The summed E-state index contributed by atoms with van der Waals surface area (Å²) in [6.07, 6.45) is 10.5. The van der Waals surface area contributed by atoms with Crippen LogP contribution in [0.15, 0.2) is 60.7 Å². The Labute approximate surface area is 153 Å². The van der Waals surface area contributed by atoms with Crippen LogP contribution in [-0.2, 0) is 29.3 Å². The minimum atomic E-state index is 0. The zero-order valence-electron chi connectivity index (χ0n) is 14.7. The van der Waals surface area contributed by atoms with E-state index in [9.17, 15) is 0 Å². The molecular weight excluding hydrogens is 323 g/mol. The molecular formula is C22H32Ni. The number of hydrogen-bond acceptors (Lipinski definition) is 0. The topological polar surface area (TPSA) is 0 Å². The van der Waals surface area contributed by atoms with Gasteiger partial charge < -0.3 is 0 Å². The van der Waals surface area contributed by atoms with Crippen molar-refractivity contribution in [3.8, 4) is 0 Å². The monoisotopic (exact) mass is 354 g/mol. The van der Waals surface area contributed by atoms with Gasteiger partial charge in [0.1, 0.15) is 0 Å². The summed E-state index contributed by atoms with van der Waals surface area (Å²) in [5, 5.41) is 0. The molecule has 2 aromatic rings. The normalized spacial score (nSPS) is 9.48. The fourth-order valence-electron chi connectivity index (χ4n) is 2.45. The van der Waals surface area contributed by atoms with Gasteiger partial charge >= 0.3 is 0 Å². The molecule has 0 aliphatic heterocycles. The molecule has 1 heteroatoms. The van der Waals surface area contributed by atoms with E-state index in [2.05, 4.69) is 74.5 Å². The third-order valence-electron chi connectivity index (χ3n) is 3.82. The van der Waals surface area contributed by atoms with Gasteiger partial charge in [-0.25, -0.2) is 0 Å². The summed E-state index contributed by atoms with van der Waals surface area (Å²) in [6.45, 7) is 4.48. The number of unbranched alkanes of at least 4 members (excludes halogenated alkanes) is 4. The Morgan fingerprint density at radius 1 is 0.522 bits per heavy atom. The van der Waals surface area contributed by atoms with Crippen LogP contribution in [0.3, 0.4) is 0 Å². The minimum absolute atomic E-state index is 0. The Hall–Kier alpha value is -1.07. The van der Waals surface area contributed by atoms with E-state index in [4.69, 9.17) is 0 Å². The van der Waals surface area contributed by atoms with Crippen molar-refractivity contribution in [1.82, 2.24) is 0 Å². The largest absolute Gasteiger partial charge is 0.0654 e. The fourth-order valence-corrected chi connectivity index (χ4v) is 2.45. The third-order valence-corrected chi connectivity index (χ3v) is 3.82. The predicted octanol–water partition coefficient (Wildman–Crippen LogP) is 6.84. The quantitative estimate of drug-likeness (QED) is 0.359. The molecule has 2 rings (SSSR count). The summed E-state index contributed by atoms with van der Waals surface area (Å²) in [5.74, 6) is 0. The Kier molecular flexibility index (Phi) is 15.1. The second-order valence-electron chi connectivity index (χ2n) is 5.89. The number of hydrogen-bond donors (Lipinski definition) is 0. The molecule has 0 radical (unpaired) electrons. The SMILES string of the molecule is CCCCCc1ccccc1.CCCCCc1ccccc1.[Ni]. The van der Waals surface area contributed by atoms with Crippen LogP contribution >= 0.6 is 0 Å². The van der Waals surface area contributed by atoms with E-state index >= 15 is 0 Å². The summed E-state index contributed by atoms with van der Waals surface area (Å²) >= 11 is 0. The third kappa shape index (κ3) is 12.1. The number of rotatable bonds is 8. The molecule has 0 nitrogen and oxygen atoms in total. The van der Waals surface area contributed by atoms with Crippen LogP contribution in [0.1, 0.15) is 63.5 Å². The van der Waals surface area contributed by atoms with E-state index in [-0.39, 0.29) is 16.5 Å². The zero-order valence-corrected chi connectivity index (χ0v) is 15.7. The maximum Gasteiger partial charge on any atom is 0 e. The molecule has 0 aromatic heterocycles. The second-order valence-corrected chi connectivity index (χ2v) is 5.89. The van der Waals surface area contributed by atoms with Gasteiger partial charge in [-0.05, 0) is 36.8 Å². The standard InChI is InChI=1S/2C11H16.Ni/c2*1-2-3-5-8-11-9-6-4-7-10-11;/h2*4,6-7,9-10H,2-3,5,8H2,1H3;. The summed E-state index contributed by atoms with van der Waals surface area (Å²) in [7, 11) is 0. The molecule has 0 saturated carbocycles. The molecule has 0 saturated heterocycles. The van der Waals surface area contributed by atoms with Gasteiger partial charge in [0.15, 0.2) is 0 Å². The number of benzene rings is 2. The Bertz CT molecular complexity index is 404. The van der Waals surface area contributed by atoms with Crippen LogP contribution in [0.2, 0.25) is 0 Å². The first-order valence-corrected chi connectivity index (χ1v) is 8.94. The van der Waals surface area contributed by atoms with E-state index in [1.54, 1.807) is 0 Å². The van der Waals surface area contributed by atoms with Crippen LogP contribution in [-0.4, -0.2) is 0 Å². The van der Waals surface area contributed by atoms with Gasteiger partial charge in [0.05, 0.1) is 0 Å². The van der Waals surface area contributed by atoms with E-state index < -0.39 is 0 Å². The molecule has 0 unspecified atom stereocenters. The van der Waals surface area contributed by atoms with Crippen molar-refractivity contribution in [1.29, 1.82) is 0 Å². The van der Waals surface area contributed by atoms with Crippen molar-refractivity contribution in [2.75, 3.05) is 0 Å². The van der Waals surface area contributed by atoms with Crippen molar-refractivity contribution in [2.45, 2.75) is 65.2 Å². The molecule has 0 spiro atoms. The minimum Gasteiger partial charge on any atom is -0.0654 e. The van der Waals surface area contributed by atoms with Crippen LogP contribution in [0.25, 0.3) is 0 Å². The van der Waals surface area contributed by atoms with Crippen molar-refractivity contribution in [3.63, 3.8) is 0 Å². The first-order chi connectivity index (χ1) is 10.9. The predicted molar refractivity (Wildman–Crippen MR) is 99.3 cm³/mol. The molecule has 0 bridgehead atoms. The summed E-state index contributed by atoms with van der Waals surface area (Å²) < 4.78 is 0. The average Bonchev–Trinajstić information content (AvgIpc) is 2.58. The van der Waals surface area contributed by atoms with Gasteiger partial charge in [0.25, 0.3) is 0 Å². The van der Waals surface area contributed by atoms with E-state index in [0.29, 0.717) is 0 Å². The van der Waals surface area contributed by atoms with Crippen molar-refractivity contribution in [3.05, 3.63) is 71.8 Å². The maximum atomic E-state index is 2.24. The summed E-state index contributed by atoms with van der Waals surface area (Å²) in [5.41, 5.74) is 2.95. The fraction of sp³-hybridized carbons (Fsp3) is 0.455. The van der Waals surface area contributed by atoms with Crippen molar-refractivity contribution in [2.24, 2.45) is 0 Å². The molecule has 130 valence electrons.